The van der Waals surface area contributed by atoms with Crippen LogP contribution >= 0.6 is 0 Å². The topological polar surface area (TPSA) is 133 Å². The van der Waals surface area contributed by atoms with Gasteiger partial charge in [-0.1, -0.05) is 168 Å². The number of likely N-dealkylation sites (tertiary alicyclic amines) is 3. The average molecular weight is 1320 g/mol. The summed E-state index contributed by atoms with van der Waals surface area (Å²) >= 11 is 0. The molecule has 0 radical (unpaired) electrons. The number of rotatable bonds is 23. The van der Waals surface area contributed by atoms with Crippen molar-refractivity contribution in [1.82, 2.24) is 34.4 Å². The largest absolute Gasteiger partial charge is 0.436 e. The number of carbonyl (C=O) groups excluding carboxylic acids is 3. The first kappa shape index (κ1) is 72.8. The highest BCUT2D eigenvalue weighted by Crippen LogP contribution is 2.31. The van der Waals surface area contributed by atoms with Gasteiger partial charge in [-0.3, -0.25) is 0 Å². The Labute approximate surface area is 575 Å². The minimum absolute atomic E-state index is 0.0137. The van der Waals surface area contributed by atoms with Crippen molar-refractivity contribution in [3.05, 3.63) is 216 Å². The van der Waals surface area contributed by atoms with E-state index in [1.807, 2.05) is 113 Å². The van der Waals surface area contributed by atoms with Crippen molar-refractivity contribution < 1.29 is 27.6 Å². The normalized spacial score (nSPS) is 16.0. The van der Waals surface area contributed by atoms with E-state index in [0.29, 0.717) is 60.2 Å². The highest BCUT2D eigenvalue weighted by molar-refractivity contribution is 5.92. The Balaban J connectivity index is 0.000000173. The summed E-state index contributed by atoms with van der Waals surface area (Å²) in [6.45, 7) is 23.6. The molecule has 11 rings (SSSR count). The molecule has 3 atom stereocenters. The first-order valence-corrected chi connectivity index (χ1v) is 35.8. The Morgan fingerprint density at radius 2 is 0.856 bits per heavy atom. The average Bonchev–Trinajstić information content (AvgIpc) is 1.72. The fourth-order valence-corrected chi connectivity index (χ4v) is 14.0. The third-order valence-electron chi connectivity index (χ3n) is 19.7. The molecule has 3 fully saturated rings. The number of oxazole rings is 1. The van der Waals surface area contributed by atoms with Crippen molar-refractivity contribution >= 4 is 46.3 Å². The molecule has 4 heterocycles. The Kier molecular flexibility index (Phi) is 28.0. The Morgan fingerprint density at radius 3 is 1.28 bits per heavy atom. The number of nitrogens with one attached hydrogen (secondary N) is 3. The molecular weight excluding hydrogens is 1210 g/mol. The number of benzene rings is 7. The van der Waals surface area contributed by atoms with Crippen molar-refractivity contribution in [3.8, 4) is 11.5 Å². The fourth-order valence-electron chi connectivity index (χ4n) is 14.0. The maximum atomic E-state index is 14.8. The number of halogens is 2. The molecule has 1 aromatic heterocycles. The number of amides is 6. The minimum atomic E-state index is -0.454. The van der Waals surface area contributed by atoms with Gasteiger partial charge in [0.05, 0.1) is 5.56 Å². The first-order valence-electron chi connectivity index (χ1n) is 35.8. The molecule has 16 heteroatoms. The zero-order valence-electron chi connectivity index (χ0n) is 58.4. The van der Waals surface area contributed by atoms with E-state index in [2.05, 4.69) is 119 Å². The molecule has 0 bridgehead atoms. The standard InChI is InChI=1S/C31H35FN4O2.C26H37N3O.C24H32FN3O/c1-3-9-22(2)35-18-16-25(17-19-35)36(21-23-10-5-4-6-11-23)31(37)33-24-14-15-27(32)26(20-24)30-34-28-12-7-8-13-29(28)38-30;1-4-11-21(3)28-18-16-24(17-19-28)29(20-22-12-7-6-8-13-22)26(30)27-25-15-10-9-14-23(25)5-2;1-3-7-19(2)27-16-14-23(15-17-27)28(18-20-8-5-4-6-9-20)24(29)26-22-12-10-21(25)11-13-22/h4-8,10-15,20,22,25H,3,9,16-19,21H2,1-2H3,(H,33,37);6-10,12-15,21,24H,4-5,11,16-20H2,1-3H3,(H,27,30);4-6,8-13,19,23H,3,7,14-18H2,1-2H3,(H,26,29). The molecule has 97 heavy (non-hydrogen) atoms. The molecule has 3 N–H and O–H groups in total. The van der Waals surface area contributed by atoms with Crippen molar-refractivity contribution in [2.45, 2.75) is 188 Å². The van der Waals surface area contributed by atoms with E-state index in [9.17, 15) is 23.2 Å². The second-order valence-electron chi connectivity index (χ2n) is 26.5. The van der Waals surface area contributed by atoms with Crippen LogP contribution in [0.15, 0.2) is 186 Å². The van der Waals surface area contributed by atoms with Crippen LogP contribution in [0.25, 0.3) is 22.6 Å². The molecular formula is C81H104F2N10O4. The predicted molar refractivity (Wildman–Crippen MR) is 392 cm³/mol. The smallest absolute Gasteiger partial charge is 0.322 e. The van der Waals surface area contributed by atoms with E-state index in [0.717, 1.165) is 101 Å². The Bertz CT molecular complexity index is 3620. The van der Waals surface area contributed by atoms with Crippen LogP contribution in [0, 0.1) is 11.6 Å². The lowest BCUT2D eigenvalue weighted by Crippen LogP contribution is -2.50. The number of carbonyl (C=O) groups is 3. The molecule has 6 amide bonds. The van der Waals surface area contributed by atoms with Crippen molar-refractivity contribution in [3.63, 3.8) is 0 Å². The molecule has 3 aliphatic rings. The van der Waals surface area contributed by atoms with Gasteiger partial charge in [0.25, 0.3) is 0 Å². The number of aryl methyl sites for hydroxylation is 1. The highest BCUT2D eigenvalue weighted by Gasteiger charge is 2.33. The van der Waals surface area contributed by atoms with Crippen LogP contribution in [0.2, 0.25) is 0 Å². The molecule has 516 valence electrons. The van der Waals surface area contributed by atoms with Gasteiger partial charge in [0, 0.05) is 112 Å². The number of urea groups is 3. The summed E-state index contributed by atoms with van der Waals surface area (Å²) in [6, 6.07) is 58.4. The number of para-hydroxylation sites is 3. The first-order chi connectivity index (χ1) is 47.2. The molecule has 0 spiro atoms. The van der Waals surface area contributed by atoms with Crippen LogP contribution in [0.3, 0.4) is 0 Å². The van der Waals surface area contributed by atoms with Crippen molar-refractivity contribution in [1.29, 1.82) is 0 Å². The van der Waals surface area contributed by atoms with Crippen LogP contribution in [0.4, 0.5) is 40.2 Å². The van der Waals surface area contributed by atoms with Gasteiger partial charge in [-0.25, -0.2) is 28.1 Å². The minimum Gasteiger partial charge on any atom is -0.436 e. The van der Waals surface area contributed by atoms with Crippen LogP contribution in [0.5, 0.6) is 0 Å². The number of fused-ring (bicyclic) bond motifs is 1. The molecule has 3 saturated heterocycles. The number of anilines is 3. The third kappa shape index (κ3) is 21.3. The van der Waals surface area contributed by atoms with Crippen LogP contribution in [0.1, 0.15) is 148 Å². The molecule has 3 unspecified atom stereocenters. The van der Waals surface area contributed by atoms with E-state index in [1.165, 1.54) is 67.9 Å². The summed E-state index contributed by atoms with van der Waals surface area (Å²) in [6.07, 6.45) is 14.0. The fraction of sp³-hybridized carbons (Fsp3) is 0.432. The Morgan fingerprint density at radius 1 is 0.474 bits per heavy atom. The van der Waals surface area contributed by atoms with Gasteiger partial charge in [-0.2, -0.15) is 0 Å². The predicted octanol–water partition coefficient (Wildman–Crippen LogP) is 18.8. The van der Waals surface area contributed by atoms with Crippen molar-refractivity contribution in [2.24, 2.45) is 0 Å². The molecule has 7 aromatic carbocycles. The quantitative estimate of drug-likeness (QED) is 0.0577. The highest BCUT2D eigenvalue weighted by atomic mass is 19.1. The van der Waals surface area contributed by atoms with Gasteiger partial charge in [0.1, 0.15) is 17.2 Å². The van der Waals surface area contributed by atoms with Gasteiger partial charge < -0.3 is 49.8 Å². The molecule has 14 nitrogen and oxygen atoms in total. The maximum Gasteiger partial charge on any atom is 0.322 e. The van der Waals surface area contributed by atoms with E-state index in [4.69, 9.17) is 4.42 Å². The van der Waals surface area contributed by atoms with E-state index >= 15 is 0 Å². The number of hydrogen-bond donors (Lipinski definition) is 3. The lowest BCUT2D eigenvalue weighted by molar-refractivity contribution is 0.0987. The van der Waals surface area contributed by atoms with Gasteiger partial charge in [-0.05, 0) is 168 Å². The second-order valence-corrected chi connectivity index (χ2v) is 26.5. The number of hydrogen-bond acceptors (Lipinski definition) is 8. The maximum absolute atomic E-state index is 14.8. The van der Waals surface area contributed by atoms with Crippen LogP contribution in [-0.4, -0.2) is 128 Å². The lowest BCUT2D eigenvalue weighted by Gasteiger charge is -2.40. The van der Waals surface area contributed by atoms with Gasteiger partial charge in [-0.15, -0.1) is 0 Å². The van der Waals surface area contributed by atoms with E-state index in [-0.39, 0.29) is 53.5 Å². The summed E-state index contributed by atoms with van der Waals surface area (Å²) < 4.78 is 33.8. The number of nitrogens with zero attached hydrogens (tertiary/aromatic N) is 7. The van der Waals surface area contributed by atoms with Crippen LogP contribution < -0.4 is 16.0 Å². The van der Waals surface area contributed by atoms with Crippen molar-refractivity contribution in [2.75, 3.05) is 55.2 Å². The summed E-state index contributed by atoms with van der Waals surface area (Å²) in [4.78, 5) is 58.2. The van der Waals surface area contributed by atoms with Gasteiger partial charge >= 0.3 is 18.1 Å². The number of aromatic nitrogens is 1. The zero-order valence-corrected chi connectivity index (χ0v) is 58.4. The molecule has 8 aromatic rings. The zero-order chi connectivity index (χ0) is 68.5. The summed E-state index contributed by atoms with van der Waals surface area (Å²) in [5.74, 6) is -0.573. The van der Waals surface area contributed by atoms with E-state index < -0.39 is 5.82 Å². The van der Waals surface area contributed by atoms with E-state index in [1.54, 1.807) is 30.3 Å². The van der Waals surface area contributed by atoms with Gasteiger partial charge in [0.2, 0.25) is 5.89 Å². The summed E-state index contributed by atoms with van der Waals surface area (Å²) in [5, 5.41) is 9.18. The van der Waals surface area contributed by atoms with Crippen LogP contribution in [-0.2, 0) is 26.1 Å². The summed E-state index contributed by atoms with van der Waals surface area (Å²) in [7, 11) is 0. The van der Waals surface area contributed by atoms with Gasteiger partial charge in [0.15, 0.2) is 5.58 Å². The number of piperidine rings is 3. The monoisotopic (exact) mass is 1320 g/mol. The lowest BCUT2D eigenvalue weighted by atomic mass is 10.00. The summed E-state index contributed by atoms with van der Waals surface area (Å²) in [5.41, 5.74) is 8.05. The molecule has 3 aliphatic heterocycles. The Hall–Kier alpha value is -8.44. The second kappa shape index (κ2) is 37.3. The molecule has 0 saturated carbocycles. The molecule has 0 aliphatic carbocycles. The third-order valence-corrected chi connectivity index (χ3v) is 19.7. The SMILES string of the molecule is CCCC(C)N1CCC(N(Cc2ccccc2)C(=O)Nc2ccc(F)c(-c3nc4ccccc4o3)c2)CC1.CCCC(C)N1CCC(N(Cc2ccccc2)C(=O)Nc2ccc(F)cc2)CC1.CCCC(C)N1CCC(N(Cc2ccccc2)C(=O)Nc2ccccc2CC)CC1.